The van der Waals surface area contributed by atoms with E-state index in [0.29, 0.717) is 16.7 Å². The van der Waals surface area contributed by atoms with Crippen LogP contribution < -0.4 is 10.1 Å². The van der Waals surface area contributed by atoms with Gasteiger partial charge in [-0.25, -0.2) is 4.39 Å². The van der Waals surface area contributed by atoms with E-state index in [1.54, 1.807) is 31.0 Å². The summed E-state index contributed by atoms with van der Waals surface area (Å²) >= 11 is 1.69. The first-order valence-corrected chi connectivity index (χ1v) is 7.57. The number of aliphatic imine (C=N–C) groups is 1. The van der Waals surface area contributed by atoms with Crippen molar-refractivity contribution in [3.8, 4) is 5.75 Å². The zero-order valence-corrected chi connectivity index (χ0v) is 13.2. The Kier molecular flexibility index (Phi) is 4.58. The van der Waals surface area contributed by atoms with Gasteiger partial charge in [-0.2, -0.15) is 0 Å². The van der Waals surface area contributed by atoms with Crippen molar-refractivity contribution in [2.45, 2.75) is 32.4 Å². The Morgan fingerprint density at radius 2 is 2.20 bits per heavy atom. The van der Waals surface area contributed by atoms with E-state index < -0.39 is 0 Å². The number of amidine groups is 1. The van der Waals surface area contributed by atoms with E-state index in [0.717, 1.165) is 18.1 Å². The van der Waals surface area contributed by atoms with Crippen molar-refractivity contribution in [2.75, 3.05) is 19.0 Å². The molecule has 0 amide bonds. The molecule has 1 aliphatic rings. The number of hydrogen-bond donors (Lipinski definition) is 1. The van der Waals surface area contributed by atoms with Crippen molar-refractivity contribution >= 4 is 22.6 Å². The van der Waals surface area contributed by atoms with Crippen LogP contribution in [-0.4, -0.2) is 24.1 Å². The molecule has 0 radical (unpaired) electrons. The molecule has 0 saturated carbocycles. The SMILES string of the molecule is COc1ccc(F)c(NC2=NCC(CC(C)(C)C)S2)c1. The summed E-state index contributed by atoms with van der Waals surface area (Å²) in [5.74, 6) is 0.331. The predicted molar refractivity (Wildman–Crippen MR) is 84.3 cm³/mol. The normalized spacial score (nSPS) is 18.9. The second-order valence-corrected chi connectivity index (χ2v) is 7.41. The maximum atomic E-state index is 13.7. The van der Waals surface area contributed by atoms with Crippen molar-refractivity contribution in [3.05, 3.63) is 24.0 Å². The topological polar surface area (TPSA) is 33.6 Å². The third-order valence-corrected chi connectivity index (χ3v) is 4.08. The molecule has 1 unspecified atom stereocenters. The summed E-state index contributed by atoms with van der Waals surface area (Å²) in [6.45, 7) is 7.46. The molecule has 1 aliphatic heterocycles. The highest BCUT2D eigenvalue weighted by molar-refractivity contribution is 8.15. The number of methoxy groups -OCH3 is 1. The Labute approximate surface area is 124 Å². The van der Waals surface area contributed by atoms with Gasteiger partial charge in [0, 0.05) is 11.3 Å². The first-order valence-electron chi connectivity index (χ1n) is 6.69. The molecule has 1 aromatic carbocycles. The Bertz CT molecular complexity index is 511. The maximum absolute atomic E-state index is 13.7. The summed E-state index contributed by atoms with van der Waals surface area (Å²) in [7, 11) is 1.57. The second-order valence-electron chi connectivity index (χ2n) is 6.12. The van der Waals surface area contributed by atoms with Crippen molar-refractivity contribution in [1.29, 1.82) is 0 Å². The van der Waals surface area contributed by atoms with E-state index in [1.807, 2.05) is 0 Å². The van der Waals surface area contributed by atoms with Gasteiger partial charge in [0.1, 0.15) is 11.6 Å². The third-order valence-electron chi connectivity index (χ3n) is 2.97. The minimum atomic E-state index is -0.298. The third kappa shape index (κ3) is 4.13. The molecule has 1 N–H and O–H groups in total. The molecule has 1 heterocycles. The Balaban J connectivity index is 1.98. The number of anilines is 1. The van der Waals surface area contributed by atoms with Gasteiger partial charge in [-0.15, -0.1) is 0 Å². The average molecular weight is 296 g/mol. The van der Waals surface area contributed by atoms with Gasteiger partial charge in [-0.1, -0.05) is 32.5 Å². The number of rotatable bonds is 3. The molecular weight excluding hydrogens is 275 g/mol. The summed E-state index contributed by atoms with van der Waals surface area (Å²) in [5.41, 5.74) is 0.691. The average Bonchev–Trinajstić information content (AvgIpc) is 2.77. The van der Waals surface area contributed by atoms with Crippen LogP contribution in [0.5, 0.6) is 5.75 Å². The van der Waals surface area contributed by atoms with E-state index >= 15 is 0 Å². The number of benzene rings is 1. The molecule has 3 nitrogen and oxygen atoms in total. The quantitative estimate of drug-likeness (QED) is 0.909. The Hall–Kier alpha value is -1.23. The van der Waals surface area contributed by atoms with Gasteiger partial charge in [-0.05, 0) is 24.0 Å². The molecular formula is C15H21FN2OS. The van der Waals surface area contributed by atoms with E-state index in [9.17, 15) is 4.39 Å². The second kappa shape index (κ2) is 6.04. The fraction of sp³-hybridized carbons (Fsp3) is 0.533. The van der Waals surface area contributed by atoms with Crippen molar-refractivity contribution in [3.63, 3.8) is 0 Å². The van der Waals surface area contributed by atoms with Gasteiger partial charge in [0.25, 0.3) is 0 Å². The first-order chi connectivity index (χ1) is 9.37. The van der Waals surface area contributed by atoms with E-state index in [4.69, 9.17) is 4.74 Å². The van der Waals surface area contributed by atoms with Gasteiger partial charge in [0.15, 0.2) is 5.17 Å². The number of ether oxygens (including phenoxy) is 1. The highest BCUT2D eigenvalue weighted by atomic mass is 32.2. The molecule has 0 aliphatic carbocycles. The van der Waals surface area contributed by atoms with Gasteiger partial charge < -0.3 is 10.1 Å². The maximum Gasteiger partial charge on any atom is 0.161 e. The smallest absolute Gasteiger partial charge is 0.161 e. The molecule has 0 spiro atoms. The zero-order chi connectivity index (χ0) is 14.8. The lowest BCUT2D eigenvalue weighted by Crippen LogP contribution is -2.16. The van der Waals surface area contributed by atoms with Crippen LogP contribution in [-0.2, 0) is 0 Å². The van der Waals surface area contributed by atoms with Gasteiger partial charge in [-0.3, -0.25) is 4.99 Å². The molecule has 1 aromatic rings. The number of thioether (sulfide) groups is 1. The lowest BCUT2D eigenvalue weighted by atomic mass is 9.90. The lowest BCUT2D eigenvalue weighted by molar-refractivity contribution is 0.375. The van der Waals surface area contributed by atoms with Crippen molar-refractivity contribution < 1.29 is 9.13 Å². The first kappa shape index (κ1) is 15.2. The standard InChI is InChI=1S/C15H21FN2OS/c1-15(2,3)8-11-9-17-14(20-11)18-13-7-10(19-4)5-6-12(13)16/h5-7,11H,8-9H2,1-4H3,(H,17,18). The van der Waals surface area contributed by atoms with Crippen LogP contribution in [0.1, 0.15) is 27.2 Å². The Morgan fingerprint density at radius 1 is 1.45 bits per heavy atom. The van der Waals surface area contributed by atoms with E-state index in [-0.39, 0.29) is 11.2 Å². The van der Waals surface area contributed by atoms with Gasteiger partial charge in [0.2, 0.25) is 0 Å². The number of nitrogens with one attached hydrogen (secondary N) is 1. The van der Waals surface area contributed by atoms with Crippen LogP contribution in [0.3, 0.4) is 0 Å². The molecule has 0 bridgehead atoms. The lowest BCUT2D eigenvalue weighted by Gasteiger charge is -2.21. The van der Waals surface area contributed by atoms with Crippen LogP contribution >= 0.6 is 11.8 Å². The molecule has 0 aromatic heterocycles. The molecule has 20 heavy (non-hydrogen) atoms. The van der Waals surface area contributed by atoms with E-state index in [1.165, 1.54) is 6.07 Å². The largest absolute Gasteiger partial charge is 0.497 e. The molecule has 2 rings (SSSR count). The highest BCUT2D eigenvalue weighted by Gasteiger charge is 2.25. The van der Waals surface area contributed by atoms with Crippen LogP contribution in [0, 0.1) is 11.2 Å². The summed E-state index contributed by atoms with van der Waals surface area (Å²) < 4.78 is 18.9. The highest BCUT2D eigenvalue weighted by Crippen LogP contribution is 2.33. The van der Waals surface area contributed by atoms with Crippen LogP contribution in [0.2, 0.25) is 0 Å². The fourth-order valence-electron chi connectivity index (χ4n) is 2.12. The molecule has 5 heteroatoms. The zero-order valence-electron chi connectivity index (χ0n) is 12.4. The summed E-state index contributed by atoms with van der Waals surface area (Å²) in [6.07, 6.45) is 1.09. The summed E-state index contributed by atoms with van der Waals surface area (Å²) in [6, 6.07) is 4.65. The monoisotopic (exact) mass is 296 g/mol. The number of hydrogen-bond acceptors (Lipinski definition) is 4. The van der Waals surface area contributed by atoms with Gasteiger partial charge >= 0.3 is 0 Å². The number of halogens is 1. The van der Waals surface area contributed by atoms with Gasteiger partial charge in [0.05, 0.1) is 19.3 Å². The van der Waals surface area contributed by atoms with Crippen molar-refractivity contribution in [2.24, 2.45) is 10.4 Å². The summed E-state index contributed by atoms with van der Waals surface area (Å²) in [4.78, 5) is 4.45. The minimum Gasteiger partial charge on any atom is -0.497 e. The predicted octanol–water partition coefficient (Wildman–Crippen LogP) is 4.15. The van der Waals surface area contributed by atoms with Crippen LogP contribution in [0.25, 0.3) is 0 Å². The molecule has 110 valence electrons. The fourth-order valence-corrected chi connectivity index (χ4v) is 3.48. The van der Waals surface area contributed by atoms with Crippen molar-refractivity contribution in [1.82, 2.24) is 0 Å². The number of nitrogens with zero attached hydrogens (tertiary/aromatic N) is 1. The van der Waals surface area contributed by atoms with E-state index in [2.05, 4.69) is 31.1 Å². The Morgan fingerprint density at radius 3 is 2.85 bits per heavy atom. The minimum absolute atomic E-state index is 0.282. The van der Waals surface area contributed by atoms with Crippen LogP contribution in [0.15, 0.2) is 23.2 Å². The molecule has 0 fully saturated rings. The summed E-state index contributed by atoms with van der Waals surface area (Å²) in [5, 5.41) is 4.31. The molecule has 1 atom stereocenters. The van der Waals surface area contributed by atoms with Crippen LogP contribution in [0.4, 0.5) is 10.1 Å². The molecule has 0 saturated heterocycles.